The standard InChI is InChI=1S/C11H20N4O3S/c1-4-12-11-13-7-10(8-14-11)19(16,17)15-5-6-18-9(2)3/h7-9,15H,4-6H2,1-3H3,(H,12,13,14). The first-order valence-corrected chi connectivity index (χ1v) is 7.61. The summed E-state index contributed by atoms with van der Waals surface area (Å²) in [6.07, 6.45) is 2.63. The Morgan fingerprint density at radius 3 is 2.47 bits per heavy atom. The molecular weight excluding hydrogens is 268 g/mol. The molecule has 0 aromatic carbocycles. The van der Waals surface area contributed by atoms with E-state index in [4.69, 9.17) is 4.74 Å². The molecule has 0 fully saturated rings. The maximum Gasteiger partial charge on any atom is 0.243 e. The Kier molecular flexibility index (Phi) is 6.13. The lowest BCUT2D eigenvalue weighted by Gasteiger charge is -2.09. The van der Waals surface area contributed by atoms with Gasteiger partial charge < -0.3 is 10.1 Å². The Morgan fingerprint density at radius 1 is 1.32 bits per heavy atom. The molecular formula is C11H20N4O3S. The molecule has 0 amide bonds. The number of anilines is 1. The van der Waals surface area contributed by atoms with Crippen molar-refractivity contribution in [2.75, 3.05) is 25.0 Å². The van der Waals surface area contributed by atoms with Crippen LogP contribution < -0.4 is 10.0 Å². The number of nitrogens with one attached hydrogen (secondary N) is 2. The molecule has 0 bridgehead atoms. The topological polar surface area (TPSA) is 93.2 Å². The van der Waals surface area contributed by atoms with Crippen LogP contribution in [0.4, 0.5) is 5.95 Å². The van der Waals surface area contributed by atoms with Gasteiger partial charge >= 0.3 is 0 Å². The maximum atomic E-state index is 11.9. The SMILES string of the molecule is CCNc1ncc(S(=O)(=O)NCCOC(C)C)cn1. The number of aromatic nitrogens is 2. The van der Waals surface area contributed by atoms with Gasteiger partial charge in [-0.2, -0.15) is 0 Å². The molecule has 0 aliphatic carbocycles. The number of rotatable bonds is 8. The molecule has 1 aromatic rings. The van der Waals surface area contributed by atoms with Gasteiger partial charge in [-0.25, -0.2) is 23.1 Å². The van der Waals surface area contributed by atoms with Crippen molar-refractivity contribution in [3.63, 3.8) is 0 Å². The average molecular weight is 288 g/mol. The minimum absolute atomic E-state index is 0.0405. The van der Waals surface area contributed by atoms with Crippen LogP contribution in [0.5, 0.6) is 0 Å². The number of hydrogen-bond donors (Lipinski definition) is 2. The molecule has 0 radical (unpaired) electrons. The molecule has 2 N–H and O–H groups in total. The number of ether oxygens (including phenoxy) is 1. The normalized spacial score (nSPS) is 11.8. The highest BCUT2D eigenvalue weighted by atomic mass is 32.2. The summed E-state index contributed by atoms with van der Waals surface area (Å²) in [4.78, 5) is 7.88. The van der Waals surface area contributed by atoms with E-state index in [1.807, 2.05) is 20.8 Å². The maximum absolute atomic E-state index is 11.9. The number of nitrogens with zero attached hydrogens (tertiary/aromatic N) is 2. The zero-order valence-corrected chi connectivity index (χ0v) is 12.2. The predicted molar refractivity (Wildman–Crippen MR) is 72.5 cm³/mol. The molecule has 108 valence electrons. The molecule has 0 aliphatic heterocycles. The zero-order chi connectivity index (χ0) is 14.3. The van der Waals surface area contributed by atoms with Gasteiger partial charge in [-0.05, 0) is 20.8 Å². The van der Waals surface area contributed by atoms with Gasteiger partial charge in [0.1, 0.15) is 4.90 Å². The van der Waals surface area contributed by atoms with Crippen LogP contribution in [0.2, 0.25) is 0 Å². The van der Waals surface area contributed by atoms with Gasteiger partial charge in [-0.1, -0.05) is 0 Å². The van der Waals surface area contributed by atoms with E-state index in [0.717, 1.165) is 0 Å². The minimum atomic E-state index is -3.57. The fourth-order valence-corrected chi connectivity index (χ4v) is 2.16. The fourth-order valence-electron chi connectivity index (χ4n) is 1.26. The Hall–Kier alpha value is -1.25. The van der Waals surface area contributed by atoms with Crippen LogP contribution in [-0.2, 0) is 14.8 Å². The average Bonchev–Trinajstić information content (AvgIpc) is 2.36. The largest absolute Gasteiger partial charge is 0.377 e. The number of sulfonamides is 1. The van der Waals surface area contributed by atoms with Crippen LogP contribution in [0, 0.1) is 0 Å². The molecule has 8 heteroatoms. The Labute approximate surface area is 113 Å². The Bertz CT molecular complexity index is 473. The second-order valence-corrected chi connectivity index (χ2v) is 5.86. The molecule has 0 aliphatic rings. The fraction of sp³-hybridized carbons (Fsp3) is 0.636. The second-order valence-electron chi connectivity index (χ2n) is 4.09. The highest BCUT2D eigenvalue weighted by Gasteiger charge is 2.14. The predicted octanol–water partition coefficient (Wildman–Crippen LogP) is 0.612. The first-order chi connectivity index (χ1) is 8.95. The summed E-state index contributed by atoms with van der Waals surface area (Å²) in [6, 6.07) is 0. The van der Waals surface area contributed by atoms with E-state index >= 15 is 0 Å². The van der Waals surface area contributed by atoms with E-state index in [9.17, 15) is 8.42 Å². The molecule has 1 aromatic heterocycles. The van der Waals surface area contributed by atoms with Crippen LogP contribution in [0.1, 0.15) is 20.8 Å². The Balaban J connectivity index is 2.56. The zero-order valence-electron chi connectivity index (χ0n) is 11.4. The van der Waals surface area contributed by atoms with Gasteiger partial charge in [0.15, 0.2) is 0 Å². The molecule has 7 nitrogen and oxygen atoms in total. The molecule has 1 heterocycles. The molecule has 1 rings (SSSR count). The summed E-state index contributed by atoms with van der Waals surface area (Å²) in [5.74, 6) is 0.407. The second kappa shape index (κ2) is 7.37. The van der Waals surface area contributed by atoms with Crippen molar-refractivity contribution >= 4 is 16.0 Å². The van der Waals surface area contributed by atoms with Crippen molar-refractivity contribution in [2.45, 2.75) is 31.8 Å². The van der Waals surface area contributed by atoms with Gasteiger partial charge in [-0.3, -0.25) is 0 Å². The third-order valence-electron chi connectivity index (χ3n) is 2.12. The van der Waals surface area contributed by atoms with Gasteiger partial charge in [0, 0.05) is 13.1 Å². The van der Waals surface area contributed by atoms with E-state index in [0.29, 0.717) is 19.1 Å². The number of hydrogen-bond acceptors (Lipinski definition) is 6. The van der Waals surface area contributed by atoms with E-state index < -0.39 is 10.0 Å². The van der Waals surface area contributed by atoms with Gasteiger partial charge in [0.2, 0.25) is 16.0 Å². The van der Waals surface area contributed by atoms with E-state index in [1.54, 1.807) is 0 Å². The third kappa shape index (κ3) is 5.50. The molecule has 0 spiro atoms. The molecule has 0 saturated heterocycles. The molecule has 0 saturated carbocycles. The van der Waals surface area contributed by atoms with Crippen molar-refractivity contribution < 1.29 is 13.2 Å². The lowest BCUT2D eigenvalue weighted by molar-refractivity contribution is 0.0834. The van der Waals surface area contributed by atoms with Crippen LogP contribution in [0.3, 0.4) is 0 Å². The first kappa shape index (κ1) is 15.8. The van der Waals surface area contributed by atoms with Gasteiger partial charge in [0.25, 0.3) is 0 Å². The first-order valence-electron chi connectivity index (χ1n) is 6.13. The van der Waals surface area contributed by atoms with Crippen molar-refractivity contribution in [1.82, 2.24) is 14.7 Å². The van der Waals surface area contributed by atoms with Crippen LogP contribution in [-0.4, -0.2) is 44.2 Å². The highest BCUT2D eigenvalue weighted by molar-refractivity contribution is 7.89. The van der Waals surface area contributed by atoms with E-state index in [1.165, 1.54) is 12.4 Å². The summed E-state index contributed by atoms with van der Waals surface area (Å²) in [5.41, 5.74) is 0. The summed E-state index contributed by atoms with van der Waals surface area (Å²) in [6.45, 7) is 6.91. The smallest absolute Gasteiger partial charge is 0.243 e. The van der Waals surface area contributed by atoms with Gasteiger partial charge in [0.05, 0.1) is 25.1 Å². The van der Waals surface area contributed by atoms with Gasteiger partial charge in [-0.15, -0.1) is 0 Å². The monoisotopic (exact) mass is 288 g/mol. The van der Waals surface area contributed by atoms with Crippen LogP contribution in [0.25, 0.3) is 0 Å². The Morgan fingerprint density at radius 2 is 1.95 bits per heavy atom. The quantitative estimate of drug-likeness (QED) is 0.681. The third-order valence-corrected chi connectivity index (χ3v) is 3.53. The van der Waals surface area contributed by atoms with Crippen molar-refractivity contribution in [1.29, 1.82) is 0 Å². The molecule has 0 atom stereocenters. The lowest BCUT2D eigenvalue weighted by Crippen LogP contribution is -2.28. The summed E-state index contributed by atoms with van der Waals surface area (Å²) in [7, 11) is -3.57. The van der Waals surface area contributed by atoms with E-state index in [-0.39, 0.29) is 17.5 Å². The molecule has 19 heavy (non-hydrogen) atoms. The summed E-state index contributed by atoms with van der Waals surface area (Å²) in [5, 5.41) is 2.89. The minimum Gasteiger partial charge on any atom is -0.377 e. The van der Waals surface area contributed by atoms with Crippen molar-refractivity contribution in [3.05, 3.63) is 12.4 Å². The van der Waals surface area contributed by atoms with Crippen molar-refractivity contribution in [3.8, 4) is 0 Å². The molecule has 0 unspecified atom stereocenters. The summed E-state index contributed by atoms with van der Waals surface area (Å²) >= 11 is 0. The van der Waals surface area contributed by atoms with Crippen molar-refractivity contribution in [2.24, 2.45) is 0 Å². The van der Waals surface area contributed by atoms with E-state index in [2.05, 4.69) is 20.0 Å². The summed E-state index contributed by atoms with van der Waals surface area (Å²) < 4.78 is 31.4. The van der Waals surface area contributed by atoms with Crippen LogP contribution >= 0.6 is 0 Å². The lowest BCUT2D eigenvalue weighted by atomic mass is 10.5. The van der Waals surface area contributed by atoms with Crippen LogP contribution in [0.15, 0.2) is 17.3 Å². The highest BCUT2D eigenvalue weighted by Crippen LogP contribution is 2.06.